The number of hydrogen-bond donors (Lipinski definition) is 1. The summed E-state index contributed by atoms with van der Waals surface area (Å²) in [6.45, 7) is 0. The van der Waals surface area contributed by atoms with Gasteiger partial charge in [-0.3, -0.25) is 0 Å². The van der Waals surface area contributed by atoms with Gasteiger partial charge in [0.2, 0.25) is 0 Å². The van der Waals surface area contributed by atoms with Gasteiger partial charge in [-0.25, -0.2) is 13.2 Å². The lowest BCUT2D eigenvalue weighted by Crippen LogP contribution is -2.06. The van der Waals surface area contributed by atoms with Crippen LogP contribution < -0.4 is 5.73 Å². The molecule has 0 saturated heterocycles. The third-order valence-corrected chi connectivity index (χ3v) is 3.46. The highest BCUT2D eigenvalue weighted by atomic mass is 32.2. The molecule has 7 heteroatoms. The molecule has 114 valence electrons. The second-order valence-electron chi connectivity index (χ2n) is 4.25. The molecule has 0 aromatic heterocycles. The van der Waals surface area contributed by atoms with E-state index in [9.17, 15) is 13.2 Å². The fourth-order valence-corrected chi connectivity index (χ4v) is 2.19. The molecule has 3 nitrogen and oxygen atoms in total. The molecule has 2 N–H and O–H groups in total. The fraction of sp³-hybridized carbons (Fsp3) is 0.0667. The van der Waals surface area contributed by atoms with Crippen molar-refractivity contribution in [3.8, 4) is 0 Å². The van der Waals surface area contributed by atoms with Crippen LogP contribution in [0.2, 0.25) is 0 Å². The molecule has 0 fully saturated rings. The summed E-state index contributed by atoms with van der Waals surface area (Å²) in [6, 6.07) is 10.9. The summed E-state index contributed by atoms with van der Waals surface area (Å²) in [5.41, 5.74) is 6.37. The molecule has 2 aromatic rings. The van der Waals surface area contributed by atoms with Crippen molar-refractivity contribution in [1.82, 2.24) is 0 Å². The van der Waals surface area contributed by atoms with Gasteiger partial charge in [-0.05, 0) is 11.6 Å². The SMILES string of the molecule is NC(=NN=Cc1cc(F)cc(F)c1F)SCc1ccccc1. The van der Waals surface area contributed by atoms with Crippen molar-refractivity contribution in [2.24, 2.45) is 15.9 Å². The van der Waals surface area contributed by atoms with E-state index in [0.717, 1.165) is 17.8 Å². The summed E-state index contributed by atoms with van der Waals surface area (Å²) in [7, 11) is 0. The van der Waals surface area contributed by atoms with Crippen molar-refractivity contribution in [3.63, 3.8) is 0 Å². The smallest absolute Gasteiger partial charge is 0.180 e. The summed E-state index contributed by atoms with van der Waals surface area (Å²) in [5, 5.41) is 7.36. The molecular formula is C15H12F3N3S. The van der Waals surface area contributed by atoms with Gasteiger partial charge in [0.15, 0.2) is 16.8 Å². The first-order chi connectivity index (χ1) is 10.6. The summed E-state index contributed by atoms with van der Waals surface area (Å²) >= 11 is 1.25. The molecule has 0 heterocycles. The van der Waals surface area contributed by atoms with E-state index in [1.807, 2.05) is 30.3 Å². The molecule has 0 saturated carbocycles. The Hall–Kier alpha value is -2.28. The van der Waals surface area contributed by atoms with Crippen molar-refractivity contribution in [3.05, 3.63) is 71.0 Å². The number of benzene rings is 2. The molecule has 0 atom stereocenters. The van der Waals surface area contributed by atoms with Gasteiger partial charge in [0.1, 0.15) is 5.82 Å². The molecule has 0 amide bonds. The first-order valence-corrected chi connectivity index (χ1v) is 7.22. The quantitative estimate of drug-likeness (QED) is 0.404. The number of nitrogens with two attached hydrogens (primary N) is 1. The Morgan fingerprint density at radius 1 is 1.14 bits per heavy atom. The molecule has 22 heavy (non-hydrogen) atoms. The minimum absolute atomic E-state index is 0.164. The van der Waals surface area contributed by atoms with E-state index in [4.69, 9.17) is 5.73 Å². The predicted octanol–water partition coefficient (Wildman–Crippen LogP) is 3.69. The molecular weight excluding hydrogens is 311 g/mol. The third-order valence-electron chi connectivity index (χ3n) is 2.60. The van der Waals surface area contributed by atoms with E-state index in [0.29, 0.717) is 11.8 Å². The average Bonchev–Trinajstić information content (AvgIpc) is 2.51. The molecule has 0 spiro atoms. The normalized spacial score (nSPS) is 12.0. The Kier molecular flexibility index (Phi) is 5.60. The maximum Gasteiger partial charge on any atom is 0.180 e. The molecule has 0 bridgehead atoms. The zero-order chi connectivity index (χ0) is 15.9. The number of nitrogens with zero attached hydrogens (tertiary/aromatic N) is 2. The van der Waals surface area contributed by atoms with Crippen molar-refractivity contribution >= 4 is 23.1 Å². The van der Waals surface area contributed by atoms with E-state index in [1.54, 1.807) is 0 Å². The van der Waals surface area contributed by atoms with E-state index in [2.05, 4.69) is 10.2 Å². The minimum atomic E-state index is -1.28. The maximum atomic E-state index is 13.4. The Bertz CT molecular complexity index is 703. The Morgan fingerprint density at radius 3 is 2.59 bits per heavy atom. The molecule has 0 radical (unpaired) electrons. The summed E-state index contributed by atoms with van der Waals surface area (Å²) in [6.07, 6.45) is 0.914. The van der Waals surface area contributed by atoms with Crippen LogP contribution in [-0.4, -0.2) is 11.4 Å². The topological polar surface area (TPSA) is 50.7 Å². The Morgan fingerprint density at radius 2 is 1.86 bits per heavy atom. The van der Waals surface area contributed by atoms with Crippen molar-refractivity contribution in [2.75, 3.05) is 0 Å². The highest BCUT2D eigenvalue weighted by Crippen LogP contribution is 2.13. The third kappa shape index (κ3) is 4.63. The highest BCUT2D eigenvalue weighted by Gasteiger charge is 2.09. The van der Waals surface area contributed by atoms with Crippen LogP contribution in [0, 0.1) is 17.5 Å². The second-order valence-corrected chi connectivity index (χ2v) is 5.24. The van der Waals surface area contributed by atoms with E-state index >= 15 is 0 Å². The first kappa shape index (κ1) is 16.1. The van der Waals surface area contributed by atoms with Crippen LogP contribution in [-0.2, 0) is 5.75 Å². The largest absolute Gasteiger partial charge is 0.377 e. The van der Waals surface area contributed by atoms with Crippen LogP contribution >= 0.6 is 11.8 Å². The number of rotatable bonds is 4. The zero-order valence-corrected chi connectivity index (χ0v) is 12.2. The van der Waals surface area contributed by atoms with Crippen molar-refractivity contribution in [1.29, 1.82) is 0 Å². The van der Waals surface area contributed by atoms with Gasteiger partial charge in [-0.2, -0.15) is 5.10 Å². The predicted molar refractivity (Wildman–Crippen MR) is 83.3 cm³/mol. The van der Waals surface area contributed by atoms with Gasteiger partial charge < -0.3 is 5.73 Å². The van der Waals surface area contributed by atoms with Gasteiger partial charge in [0.25, 0.3) is 0 Å². The van der Waals surface area contributed by atoms with E-state index < -0.39 is 17.5 Å². The molecule has 2 aromatic carbocycles. The van der Waals surface area contributed by atoms with Crippen LogP contribution in [0.4, 0.5) is 13.2 Å². The average molecular weight is 323 g/mol. The number of amidine groups is 1. The first-order valence-electron chi connectivity index (χ1n) is 6.24. The lowest BCUT2D eigenvalue weighted by atomic mass is 10.2. The lowest BCUT2D eigenvalue weighted by Gasteiger charge is -1.99. The number of halogens is 3. The van der Waals surface area contributed by atoms with Gasteiger partial charge >= 0.3 is 0 Å². The van der Waals surface area contributed by atoms with Crippen LogP contribution in [0.15, 0.2) is 52.7 Å². The van der Waals surface area contributed by atoms with Crippen LogP contribution in [0.5, 0.6) is 0 Å². The monoisotopic (exact) mass is 323 g/mol. The number of hydrogen-bond acceptors (Lipinski definition) is 3. The van der Waals surface area contributed by atoms with Gasteiger partial charge in [0.05, 0.1) is 6.21 Å². The van der Waals surface area contributed by atoms with Crippen LogP contribution in [0.1, 0.15) is 11.1 Å². The van der Waals surface area contributed by atoms with Crippen LogP contribution in [0.3, 0.4) is 0 Å². The highest BCUT2D eigenvalue weighted by molar-refractivity contribution is 8.13. The lowest BCUT2D eigenvalue weighted by molar-refractivity contribution is 0.493. The maximum absolute atomic E-state index is 13.4. The Balaban J connectivity index is 1.98. The zero-order valence-electron chi connectivity index (χ0n) is 11.3. The summed E-state index contributed by atoms with van der Waals surface area (Å²) in [5.74, 6) is -2.75. The molecule has 0 aliphatic carbocycles. The van der Waals surface area contributed by atoms with Gasteiger partial charge in [-0.1, -0.05) is 42.1 Å². The minimum Gasteiger partial charge on any atom is -0.377 e. The molecule has 0 aliphatic rings. The van der Waals surface area contributed by atoms with Gasteiger partial charge in [-0.15, -0.1) is 5.10 Å². The molecule has 0 aliphatic heterocycles. The standard InChI is InChI=1S/C15H12F3N3S/c16-12-6-11(14(18)13(17)7-12)8-20-21-15(19)22-9-10-4-2-1-3-5-10/h1-8H,9H2,(H2,19,21). The second kappa shape index (κ2) is 7.65. The van der Waals surface area contributed by atoms with Crippen molar-refractivity contribution in [2.45, 2.75) is 5.75 Å². The molecule has 0 unspecified atom stereocenters. The van der Waals surface area contributed by atoms with Gasteiger partial charge in [0, 0.05) is 17.4 Å². The Labute approximate surface area is 129 Å². The fourth-order valence-electron chi connectivity index (χ4n) is 1.58. The van der Waals surface area contributed by atoms with E-state index in [1.165, 1.54) is 11.8 Å². The number of thioether (sulfide) groups is 1. The summed E-state index contributed by atoms with van der Waals surface area (Å²) < 4.78 is 39.3. The summed E-state index contributed by atoms with van der Waals surface area (Å²) in [4.78, 5) is 0. The van der Waals surface area contributed by atoms with Crippen LogP contribution in [0.25, 0.3) is 0 Å². The van der Waals surface area contributed by atoms with E-state index in [-0.39, 0.29) is 10.7 Å². The van der Waals surface area contributed by atoms with Crippen molar-refractivity contribution < 1.29 is 13.2 Å². The molecule has 2 rings (SSSR count).